The van der Waals surface area contributed by atoms with Gasteiger partial charge in [0, 0.05) is 24.5 Å². The van der Waals surface area contributed by atoms with E-state index in [1.165, 1.54) is 13.0 Å². The number of hydrogen-bond acceptors (Lipinski definition) is 11. The number of ether oxygens (including phenoxy) is 7. The molecular formula is C34H33FO11. The summed E-state index contributed by atoms with van der Waals surface area (Å²) in [6.07, 6.45) is -0.0278. The Morgan fingerprint density at radius 3 is 1.80 bits per heavy atom. The number of esters is 3. The Bertz CT molecular complexity index is 1630. The summed E-state index contributed by atoms with van der Waals surface area (Å²) in [5.74, 6) is -2.36. The van der Waals surface area contributed by atoms with Crippen LogP contribution in [0.5, 0.6) is 17.2 Å². The van der Waals surface area contributed by atoms with Crippen molar-refractivity contribution >= 4 is 24.1 Å². The maximum Gasteiger partial charge on any atom is 0.513 e. The number of halogens is 1. The van der Waals surface area contributed by atoms with E-state index in [0.717, 1.165) is 40.5 Å². The minimum atomic E-state index is -1.08. The van der Waals surface area contributed by atoms with Crippen LogP contribution in [0.1, 0.15) is 42.3 Å². The monoisotopic (exact) mass is 636 g/mol. The largest absolute Gasteiger partial charge is 0.513 e. The molecule has 0 radical (unpaired) electrons. The zero-order valence-electron chi connectivity index (χ0n) is 25.6. The molecule has 0 amide bonds. The van der Waals surface area contributed by atoms with Gasteiger partial charge in [0.05, 0.1) is 32.0 Å². The van der Waals surface area contributed by atoms with Gasteiger partial charge >= 0.3 is 24.1 Å². The van der Waals surface area contributed by atoms with Gasteiger partial charge in [0.2, 0.25) is 0 Å². The Kier molecular flexibility index (Phi) is 11.2. The first-order valence-corrected chi connectivity index (χ1v) is 14.3. The zero-order chi connectivity index (χ0) is 33.3. The van der Waals surface area contributed by atoms with Gasteiger partial charge in [0.25, 0.3) is 0 Å². The van der Waals surface area contributed by atoms with Crippen LogP contribution in [0.3, 0.4) is 0 Å². The summed E-state index contributed by atoms with van der Waals surface area (Å²) in [5, 5.41) is 0. The van der Waals surface area contributed by atoms with E-state index in [9.17, 15) is 23.6 Å². The lowest BCUT2D eigenvalue weighted by Gasteiger charge is -2.22. The average molecular weight is 637 g/mol. The fourth-order valence-electron chi connectivity index (χ4n) is 4.77. The van der Waals surface area contributed by atoms with Crippen molar-refractivity contribution in [2.45, 2.75) is 26.2 Å². The second-order valence-electron chi connectivity index (χ2n) is 10.5. The van der Waals surface area contributed by atoms with Crippen LogP contribution < -0.4 is 14.2 Å². The molecule has 0 heterocycles. The smallest absolute Gasteiger partial charge is 0.460 e. The van der Waals surface area contributed by atoms with E-state index in [-0.39, 0.29) is 56.7 Å². The first-order chi connectivity index (χ1) is 22.0. The van der Waals surface area contributed by atoms with Gasteiger partial charge in [-0.15, -0.1) is 0 Å². The maximum atomic E-state index is 14.8. The first-order valence-electron chi connectivity index (χ1n) is 14.3. The number of benzene rings is 3. The van der Waals surface area contributed by atoms with Gasteiger partial charge in [-0.3, -0.25) is 4.79 Å². The molecule has 0 unspecified atom stereocenters. The number of hydrogen-bond donors (Lipinski definition) is 0. The van der Waals surface area contributed by atoms with Crippen molar-refractivity contribution in [2.24, 2.45) is 0 Å². The van der Waals surface area contributed by atoms with Gasteiger partial charge in [-0.05, 0) is 58.7 Å². The number of rotatable bonds is 14. The molecule has 11 nitrogen and oxygen atoms in total. The van der Waals surface area contributed by atoms with Crippen LogP contribution in [0.25, 0.3) is 11.1 Å². The highest BCUT2D eigenvalue weighted by atomic mass is 19.1. The third-order valence-corrected chi connectivity index (χ3v) is 6.91. The molecule has 3 aromatic rings. The number of fused-ring (bicyclic) bond motifs is 3. The van der Waals surface area contributed by atoms with Crippen LogP contribution in [-0.4, -0.2) is 63.7 Å². The molecule has 0 atom stereocenters. The Hall–Kier alpha value is -5.07. The summed E-state index contributed by atoms with van der Waals surface area (Å²) >= 11 is 0. The fourth-order valence-corrected chi connectivity index (χ4v) is 4.77. The molecule has 0 aromatic heterocycles. The SMILES string of the molecule is C=CC(=O)OCCOCCOCCOC(=O)Oc1ccc(C(=O)Oc2ccc3c(c2)C(C)(C)c2cc(OC(C)=O)ccc2-3)c(F)c1. The Morgan fingerprint density at radius 2 is 1.24 bits per heavy atom. The first kappa shape index (κ1) is 33.8. The van der Waals surface area contributed by atoms with E-state index in [4.69, 9.17) is 33.2 Å². The molecule has 242 valence electrons. The number of carbonyl (C=O) groups excluding carboxylic acids is 4. The van der Waals surface area contributed by atoms with E-state index >= 15 is 0 Å². The minimum absolute atomic E-state index is 0.0599. The predicted molar refractivity (Wildman–Crippen MR) is 161 cm³/mol. The summed E-state index contributed by atoms with van der Waals surface area (Å²) < 4.78 is 50.7. The highest BCUT2D eigenvalue weighted by Crippen LogP contribution is 2.50. The fraction of sp³-hybridized carbons (Fsp3) is 0.294. The molecular weight excluding hydrogens is 603 g/mol. The normalized spacial score (nSPS) is 12.3. The molecule has 4 rings (SSSR count). The van der Waals surface area contributed by atoms with Gasteiger partial charge < -0.3 is 33.2 Å². The minimum Gasteiger partial charge on any atom is -0.460 e. The third kappa shape index (κ3) is 8.55. The van der Waals surface area contributed by atoms with Crippen molar-refractivity contribution in [3.63, 3.8) is 0 Å². The Labute approximate surface area is 264 Å². The zero-order valence-corrected chi connectivity index (χ0v) is 25.6. The van der Waals surface area contributed by atoms with Crippen molar-refractivity contribution in [1.29, 1.82) is 0 Å². The summed E-state index contributed by atoms with van der Waals surface area (Å²) in [7, 11) is 0. The van der Waals surface area contributed by atoms with Gasteiger partial charge in [0.1, 0.15) is 36.3 Å². The van der Waals surface area contributed by atoms with Gasteiger partial charge in [-0.2, -0.15) is 0 Å². The molecule has 0 bridgehead atoms. The molecule has 1 aliphatic carbocycles. The van der Waals surface area contributed by atoms with Crippen molar-refractivity contribution < 1.29 is 56.7 Å². The number of carbonyl (C=O) groups is 4. The van der Waals surface area contributed by atoms with Gasteiger partial charge in [0.15, 0.2) is 0 Å². The second kappa shape index (κ2) is 15.3. The Balaban J connectivity index is 1.25. The van der Waals surface area contributed by atoms with Crippen molar-refractivity contribution in [3.8, 4) is 28.4 Å². The van der Waals surface area contributed by atoms with E-state index in [0.29, 0.717) is 5.75 Å². The summed E-state index contributed by atoms with van der Waals surface area (Å²) in [4.78, 5) is 47.1. The molecule has 3 aromatic carbocycles. The molecule has 0 saturated carbocycles. The molecule has 46 heavy (non-hydrogen) atoms. The van der Waals surface area contributed by atoms with Crippen molar-refractivity contribution in [1.82, 2.24) is 0 Å². The average Bonchev–Trinajstić information content (AvgIpc) is 3.22. The summed E-state index contributed by atoms with van der Waals surface area (Å²) in [6, 6.07) is 13.8. The maximum absolute atomic E-state index is 14.8. The van der Waals surface area contributed by atoms with Crippen molar-refractivity contribution in [2.75, 3.05) is 39.6 Å². The van der Waals surface area contributed by atoms with Crippen LogP contribution in [0.15, 0.2) is 67.3 Å². The van der Waals surface area contributed by atoms with Crippen LogP contribution >= 0.6 is 0 Å². The molecule has 0 N–H and O–H groups in total. The topological polar surface area (TPSA) is 133 Å². The second-order valence-corrected chi connectivity index (χ2v) is 10.5. The summed E-state index contributed by atoms with van der Waals surface area (Å²) in [6.45, 7) is 9.30. The van der Waals surface area contributed by atoms with E-state index < -0.39 is 35.3 Å². The highest BCUT2D eigenvalue weighted by Gasteiger charge is 2.36. The third-order valence-electron chi connectivity index (χ3n) is 6.91. The standard InChI is InChI=1S/C34H33FO11/c1-5-31(37)42-16-14-40-12-13-41-15-17-43-33(39)46-24-8-11-27(30(35)20-24)32(38)45-23-7-10-26-25-9-6-22(44-21(2)36)18-28(25)34(3,4)29(26)19-23/h5-11,18-20H,1,12-17H2,2-4H3. The molecule has 12 heteroatoms. The lowest BCUT2D eigenvalue weighted by atomic mass is 9.82. The molecule has 0 saturated heterocycles. The lowest BCUT2D eigenvalue weighted by Crippen LogP contribution is -2.17. The van der Waals surface area contributed by atoms with Crippen LogP contribution in [0.4, 0.5) is 9.18 Å². The van der Waals surface area contributed by atoms with Gasteiger partial charge in [-0.1, -0.05) is 32.6 Å². The van der Waals surface area contributed by atoms with E-state index in [1.54, 1.807) is 18.2 Å². The lowest BCUT2D eigenvalue weighted by molar-refractivity contribution is -0.139. The Morgan fingerprint density at radius 1 is 0.717 bits per heavy atom. The molecule has 1 aliphatic rings. The highest BCUT2D eigenvalue weighted by molar-refractivity contribution is 5.92. The predicted octanol–water partition coefficient (Wildman–Crippen LogP) is 5.55. The van der Waals surface area contributed by atoms with Gasteiger partial charge in [-0.25, -0.2) is 18.8 Å². The molecule has 0 spiro atoms. The van der Waals surface area contributed by atoms with Crippen molar-refractivity contribution in [3.05, 3.63) is 89.8 Å². The van der Waals surface area contributed by atoms with E-state index in [1.807, 2.05) is 32.0 Å². The quantitative estimate of drug-likeness (QED) is 0.0725. The van der Waals surface area contributed by atoms with Crippen LogP contribution in [-0.2, 0) is 34.0 Å². The molecule has 0 aliphatic heterocycles. The van der Waals surface area contributed by atoms with Crippen LogP contribution in [0, 0.1) is 5.82 Å². The summed E-state index contributed by atoms with van der Waals surface area (Å²) in [5.41, 5.74) is 2.89. The van der Waals surface area contributed by atoms with Crippen LogP contribution in [0.2, 0.25) is 0 Å². The molecule has 0 fully saturated rings. The van der Waals surface area contributed by atoms with E-state index in [2.05, 4.69) is 6.58 Å².